The maximum atomic E-state index is 5.86. The molecule has 0 saturated carbocycles. The quantitative estimate of drug-likeness (QED) is 0.842. The highest BCUT2D eigenvalue weighted by molar-refractivity contribution is 5.28. The molecule has 0 aliphatic rings. The molecule has 5 heteroatoms. The zero-order chi connectivity index (χ0) is 14.4. The summed E-state index contributed by atoms with van der Waals surface area (Å²) in [5.41, 5.74) is 0.750. The predicted molar refractivity (Wildman–Crippen MR) is 76.8 cm³/mol. The normalized spacial score (nSPS) is 12.3. The van der Waals surface area contributed by atoms with E-state index in [-0.39, 0.29) is 6.04 Å². The van der Waals surface area contributed by atoms with E-state index in [0.717, 1.165) is 36.6 Å². The maximum Gasteiger partial charge on any atom is 0.237 e. The van der Waals surface area contributed by atoms with Crippen LogP contribution in [0.4, 0.5) is 0 Å². The van der Waals surface area contributed by atoms with Gasteiger partial charge in [-0.15, -0.1) is 0 Å². The van der Waals surface area contributed by atoms with Crippen LogP contribution in [0.15, 0.2) is 28.9 Å². The number of ether oxygens (including phenoxy) is 1. The zero-order valence-electron chi connectivity index (χ0n) is 12.2. The molecule has 0 aromatic carbocycles. The molecule has 2 rings (SSSR count). The number of rotatable bonds is 7. The molecule has 108 valence electrons. The Labute approximate surface area is 119 Å². The molecule has 5 nitrogen and oxygen atoms in total. The van der Waals surface area contributed by atoms with E-state index in [1.54, 1.807) is 19.5 Å². The number of hydrogen-bond acceptors (Lipinski definition) is 5. The second-order valence-corrected chi connectivity index (χ2v) is 4.50. The first-order chi connectivity index (χ1) is 9.80. The number of hydrogen-bond donors (Lipinski definition) is 1. The molecule has 1 atom stereocenters. The second kappa shape index (κ2) is 7.05. The largest absolute Gasteiger partial charge is 0.480 e. The average molecular weight is 275 g/mol. The van der Waals surface area contributed by atoms with E-state index in [9.17, 15) is 0 Å². The zero-order valence-corrected chi connectivity index (χ0v) is 12.2. The second-order valence-electron chi connectivity index (χ2n) is 4.50. The monoisotopic (exact) mass is 275 g/mol. The van der Waals surface area contributed by atoms with E-state index >= 15 is 0 Å². The van der Waals surface area contributed by atoms with E-state index in [4.69, 9.17) is 9.15 Å². The van der Waals surface area contributed by atoms with Crippen LogP contribution in [0, 0.1) is 0 Å². The summed E-state index contributed by atoms with van der Waals surface area (Å²) >= 11 is 0. The van der Waals surface area contributed by atoms with Gasteiger partial charge in [-0.3, -0.25) is 4.98 Å². The number of furan rings is 1. The summed E-state index contributed by atoms with van der Waals surface area (Å²) in [6, 6.07) is 3.85. The van der Waals surface area contributed by atoms with Crippen LogP contribution >= 0.6 is 0 Å². The van der Waals surface area contributed by atoms with Crippen LogP contribution in [-0.2, 0) is 6.42 Å². The number of aromatic nitrogens is 2. The first kappa shape index (κ1) is 14.5. The van der Waals surface area contributed by atoms with Crippen molar-refractivity contribution in [2.45, 2.75) is 32.7 Å². The smallest absolute Gasteiger partial charge is 0.237 e. The summed E-state index contributed by atoms with van der Waals surface area (Å²) in [6.07, 6.45) is 5.19. The number of aryl methyl sites for hydroxylation is 1. The third kappa shape index (κ3) is 3.17. The van der Waals surface area contributed by atoms with Crippen molar-refractivity contribution in [1.29, 1.82) is 0 Å². The third-order valence-electron chi connectivity index (χ3n) is 3.07. The molecular formula is C15H21N3O2. The lowest BCUT2D eigenvalue weighted by Gasteiger charge is -2.17. The van der Waals surface area contributed by atoms with Crippen LogP contribution in [0.3, 0.4) is 0 Å². The molecule has 0 saturated heterocycles. The van der Waals surface area contributed by atoms with Crippen molar-refractivity contribution < 1.29 is 9.15 Å². The van der Waals surface area contributed by atoms with Gasteiger partial charge in [-0.05, 0) is 25.1 Å². The average Bonchev–Trinajstić information content (AvgIpc) is 2.97. The van der Waals surface area contributed by atoms with Crippen LogP contribution in [0.25, 0.3) is 0 Å². The van der Waals surface area contributed by atoms with Gasteiger partial charge < -0.3 is 14.5 Å². The molecule has 2 aromatic rings. The number of nitrogens with one attached hydrogen (secondary N) is 1. The van der Waals surface area contributed by atoms with Gasteiger partial charge in [-0.1, -0.05) is 13.8 Å². The molecular weight excluding hydrogens is 254 g/mol. The van der Waals surface area contributed by atoms with Crippen molar-refractivity contribution in [2.24, 2.45) is 0 Å². The van der Waals surface area contributed by atoms with Gasteiger partial charge in [0, 0.05) is 18.8 Å². The van der Waals surface area contributed by atoms with E-state index in [1.165, 1.54) is 0 Å². The Morgan fingerprint density at radius 3 is 2.70 bits per heavy atom. The molecule has 0 radical (unpaired) electrons. The number of nitrogens with zero attached hydrogens (tertiary/aromatic N) is 2. The van der Waals surface area contributed by atoms with E-state index in [1.807, 2.05) is 12.1 Å². The van der Waals surface area contributed by atoms with Crippen molar-refractivity contribution in [3.05, 3.63) is 41.7 Å². The van der Waals surface area contributed by atoms with Gasteiger partial charge in [-0.2, -0.15) is 0 Å². The summed E-state index contributed by atoms with van der Waals surface area (Å²) in [6.45, 7) is 5.06. The summed E-state index contributed by atoms with van der Waals surface area (Å²) in [7, 11) is 1.60. The van der Waals surface area contributed by atoms with Crippen molar-refractivity contribution in [3.8, 4) is 5.88 Å². The minimum absolute atomic E-state index is 0.140. The van der Waals surface area contributed by atoms with Crippen molar-refractivity contribution in [1.82, 2.24) is 15.3 Å². The van der Waals surface area contributed by atoms with E-state index in [0.29, 0.717) is 5.88 Å². The molecule has 1 N–H and O–H groups in total. The first-order valence-corrected chi connectivity index (χ1v) is 6.97. The van der Waals surface area contributed by atoms with Gasteiger partial charge >= 0.3 is 0 Å². The molecule has 0 aliphatic carbocycles. The minimum atomic E-state index is -0.140. The van der Waals surface area contributed by atoms with Crippen LogP contribution in [0.2, 0.25) is 0 Å². The minimum Gasteiger partial charge on any atom is -0.480 e. The lowest BCUT2D eigenvalue weighted by molar-refractivity contribution is 0.368. The Balaban J connectivity index is 2.35. The summed E-state index contributed by atoms with van der Waals surface area (Å²) in [5.74, 6) is 2.33. The maximum absolute atomic E-state index is 5.86. The molecule has 2 aromatic heterocycles. The summed E-state index contributed by atoms with van der Waals surface area (Å²) < 4.78 is 11.2. The van der Waals surface area contributed by atoms with Crippen LogP contribution in [0.5, 0.6) is 5.88 Å². The van der Waals surface area contributed by atoms with Crippen LogP contribution < -0.4 is 10.1 Å². The highest BCUT2D eigenvalue weighted by Gasteiger charge is 2.23. The Bertz CT molecular complexity index is 539. The van der Waals surface area contributed by atoms with Crippen LogP contribution in [-0.4, -0.2) is 23.6 Å². The molecule has 20 heavy (non-hydrogen) atoms. The lowest BCUT2D eigenvalue weighted by Crippen LogP contribution is -2.24. The molecule has 0 amide bonds. The molecule has 0 aliphatic heterocycles. The van der Waals surface area contributed by atoms with Gasteiger partial charge in [0.25, 0.3) is 0 Å². The Morgan fingerprint density at radius 2 is 2.05 bits per heavy atom. The Morgan fingerprint density at radius 1 is 1.25 bits per heavy atom. The van der Waals surface area contributed by atoms with Gasteiger partial charge in [-0.25, -0.2) is 4.98 Å². The topological polar surface area (TPSA) is 60.2 Å². The summed E-state index contributed by atoms with van der Waals surface area (Å²) in [4.78, 5) is 8.62. The standard InChI is InChI=1S/C15H21N3O2/c1-4-8-16-13(12-7-6-11(5-2)20-12)14-15(19-3)18-10-9-17-14/h6-7,9-10,13,16H,4-5,8H2,1-3H3. The molecule has 1 unspecified atom stereocenters. The van der Waals surface area contributed by atoms with Crippen molar-refractivity contribution >= 4 is 0 Å². The van der Waals surface area contributed by atoms with Gasteiger partial charge in [0.2, 0.25) is 5.88 Å². The molecule has 0 bridgehead atoms. The fourth-order valence-electron chi connectivity index (χ4n) is 2.05. The molecule has 0 fully saturated rings. The van der Waals surface area contributed by atoms with Crippen LogP contribution in [0.1, 0.15) is 43.5 Å². The third-order valence-corrected chi connectivity index (χ3v) is 3.07. The van der Waals surface area contributed by atoms with Gasteiger partial charge in [0.05, 0.1) is 7.11 Å². The van der Waals surface area contributed by atoms with E-state index < -0.39 is 0 Å². The SMILES string of the molecule is CCCNC(c1ccc(CC)o1)c1nccnc1OC. The van der Waals surface area contributed by atoms with E-state index in [2.05, 4.69) is 29.1 Å². The Kier molecular flexibility index (Phi) is 5.12. The van der Waals surface area contributed by atoms with Crippen molar-refractivity contribution in [3.63, 3.8) is 0 Å². The first-order valence-electron chi connectivity index (χ1n) is 6.97. The predicted octanol–water partition coefficient (Wildman–Crippen LogP) is 2.73. The highest BCUT2D eigenvalue weighted by atomic mass is 16.5. The van der Waals surface area contributed by atoms with Gasteiger partial charge in [0.1, 0.15) is 23.3 Å². The number of methoxy groups -OCH3 is 1. The molecule has 2 heterocycles. The fourth-order valence-corrected chi connectivity index (χ4v) is 2.05. The molecule has 0 spiro atoms. The Hall–Kier alpha value is -1.88. The summed E-state index contributed by atoms with van der Waals surface area (Å²) in [5, 5.41) is 3.44. The fraction of sp³-hybridized carbons (Fsp3) is 0.467. The lowest BCUT2D eigenvalue weighted by atomic mass is 10.1. The van der Waals surface area contributed by atoms with Gasteiger partial charge in [0.15, 0.2) is 0 Å². The highest BCUT2D eigenvalue weighted by Crippen LogP contribution is 2.27. The van der Waals surface area contributed by atoms with Crippen molar-refractivity contribution in [2.75, 3.05) is 13.7 Å².